The number of hydrogen-bond acceptors (Lipinski definition) is 1. The van der Waals surface area contributed by atoms with Crippen LogP contribution in [0.2, 0.25) is 0 Å². The fraction of sp³-hybridized carbons (Fsp3) is 0.182. The van der Waals surface area contributed by atoms with Gasteiger partial charge in [-0.1, -0.05) is 31.2 Å². The Morgan fingerprint density at radius 2 is 2.08 bits per heavy atom. The quantitative estimate of drug-likeness (QED) is 0.703. The van der Waals surface area contributed by atoms with Crippen LogP contribution in [0.3, 0.4) is 0 Å². The maximum absolute atomic E-state index is 11.2. The standard InChI is InChI=1S/C11H11NO/c1-2-10-9-6-4-3-5-8(9)7-11(13)12-10/h3-7H,2H2,1H3,(H,12,13). The minimum absolute atomic E-state index is 0.0180. The van der Waals surface area contributed by atoms with E-state index in [-0.39, 0.29) is 5.56 Å². The normalized spacial score (nSPS) is 10.5. The van der Waals surface area contributed by atoms with Crippen LogP contribution in [0.4, 0.5) is 0 Å². The van der Waals surface area contributed by atoms with Gasteiger partial charge in [0.2, 0.25) is 5.56 Å². The van der Waals surface area contributed by atoms with Crippen LogP contribution in [0.25, 0.3) is 10.8 Å². The van der Waals surface area contributed by atoms with Gasteiger partial charge < -0.3 is 4.98 Å². The number of aryl methyl sites for hydroxylation is 1. The molecule has 1 aromatic heterocycles. The predicted molar refractivity (Wildman–Crippen MR) is 53.9 cm³/mol. The number of aromatic amines is 1. The Balaban J connectivity index is 2.89. The lowest BCUT2D eigenvalue weighted by Gasteiger charge is -2.02. The highest BCUT2D eigenvalue weighted by atomic mass is 16.1. The molecule has 66 valence electrons. The van der Waals surface area contributed by atoms with Crippen molar-refractivity contribution in [2.45, 2.75) is 13.3 Å². The van der Waals surface area contributed by atoms with E-state index >= 15 is 0 Å². The number of hydrogen-bond donors (Lipinski definition) is 1. The maximum atomic E-state index is 11.2. The lowest BCUT2D eigenvalue weighted by Crippen LogP contribution is -2.07. The first kappa shape index (κ1) is 8.05. The molecule has 2 aromatic rings. The van der Waals surface area contributed by atoms with Crippen molar-refractivity contribution >= 4 is 10.8 Å². The third-order valence-corrected chi connectivity index (χ3v) is 2.20. The van der Waals surface area contributed by atoms with Crippen LogP contribution >= 0.6 is 0 Å². The van der Waals surface area contributed by atoms with Gasteiger partial charge in [-0.3, -0.25) is 4.79 Å². The summed E-state index contributed by atoms with van der Waals surface area (Å²) in [6.07, 6.45) is 0.858. The van der Waals surface area contributed by atoms with Crippen LogP contribution < -0.4 is 5.56 Å². The second-order valence-electron chi connectivity index (χ2n) is 3.05. The van der Waals surface area contributed by atoms with E-state index in [0.717, 1.165) is 22.9 Å². The Morgan fingerprint density at radius 3 is 2.85 bits per heavy atom. The SMILES string of the molecule is CCc1[nH]c(=O)cc2ccccc12. The highest BCUT2D eigenvalue weighted by Gasteiger charge is 1.99. The van der Waals surface area contributed by atoms with Gasteiger partial charge in [-0.25, -0.2) is 0 Å². The second-order valence-corrected chi connectivity index (χ2v) is 3.05. The molecule has 0 unspecified atom stereocenters. The number of fused-ring (bicyclic) bond motifs is 1. The summed E-state index contributed by atoms with van der Waals surface area (Å²) in [7, 11) is 0. The van der Waals surface area contributed by atoms with E-state index in [9.17, 15) is 4.79 Å². The lowest BCUT2D eigenvalue weighted by molar-refractivity contribution is 1.03. The van der Waals surface area contributed by atoms with Crippen LogP contribution in [0.1, 0.15) is 12.6 Å². The predicted octanol–water partition coefficient (Wildman–Crippen LogP) is 2.09. The second kappa shape index (κ2) is 3.05. The molecule has 1 heterocycles. The highest BCUT2D eigenvalue weighted by molar-refractivity contribution is 5.84. The molecule has 2 rings (SSSR count). The average molecular weight is 173 g/mol. The number of aromatic nitrogens is 1. The fourth-order valence-electron chi connectivity index (χ4n) is 1.57. The van der Waals surface area contributed by atoms with Crippen LogP contribution in [0.5, 0.6) is 0 Å². The number of H-pyrrole nitrogens is 1. The van der Waals surface area contributed by atoms with Gasteiger partial charge >= 0.3 is 0 Å². The Kier molecular flexibility index (Phi) is 1.89. The van der Waals surface area contributed by atoms with Gasteiger partial charge in [0.05, 0.1) is 0 Å². The first-order valence-electron chi connectivity index (χ1n) is 4.42. The summed E-state index contributed by atoms with van der Waals surface area (Å²) in [5.41, 5.74) is 0.999. The van der Waals surface area contributed by atoms with Crippen LogP contribution in [-0.2, 0) is 6.42 Å². The summed E-state index contributed by atoms with van der Waals surface area (Å²) >= 11 is 0. The van der Waals surface area contributed by atoms with E-state index in [0.29, 0.717) is 0 Å². The van der Waals surface area contributed by atoms with Gasteiger partial charge in [-0.15, -0.1) is 0 Å². The van der Waals surface area contributed by atoms with Gasteiger partial charge in [0.1, 0.15) is 0 Å². The highest BCUT2D eigenvalue weighted by Crippen LogP contribution is 2.14. The minimum Gasteiger partial charge on any atom is -0.326 e. The summed E-state index contributed by atoms with van der Waals surface area (Å²) in [6.45, 7) is 2.04. The molecule has 1 aromatic carbocycles. The molecule has 13 heavy (non-hydrogen) atoms. The molecule has 0 aliphatic rings. The molecule has 2 nitrogen and oxygen atoms in total. The smallest absolute Gasteiger partial charge is 0.248 e. The van der Waals surface area contributed by atoms with Gasteiger partial charge in [-0.05, 0) is 11.8 Å². The number of benzene rings is 1. The molecule has 0 spiro atoms. The molecule has 0 bridgehead atoms. The maximum Gasteiger partial charge on any atom is 0.248 e. The lowest BCUT2D eigenvalue weighted by atomic mass is 10.1. The molecule has 0 radical (unpaired) electrons. The molecule has 0 aliphatic carbocycles. The Labute approximate surface area is 76.2 Å². The third-order valence-electron chi connectivity index (χ3n) is 2.20. The van der Waals surface area contributed by atoms with Crippen molar-refractivity contribution in [3.05, 3.63) is 46.4 Å². The van der Waals surface area contributed by atoms with Crippen LogP contribution in [0, 0.1) is 0 Å². The van der Waals surface area contributed by atoms with Crippen molar-refractivity contribution in [2.75, 3.05) is 0 Å². The summed E-state index contributed by atoms with van der Waals surface area (Å²) in [5, 5.41) is 2.16. The number of nitrogens with one attached hydrogen (secondary N) is 1. The van der Waals surface area contributed by atoms with E-state index in [4.69, 9.17) is 0 Å². The Hall–Kier alpha value is -1.57. The first-order valence-corrected chi connectivity index (χ1v) is 4.42. The van der Waals surface area contributed by atoms with Crippen molar-refractivity contribution in [2.24, 2.45) is 0 Å². The Morgan fingerprint density at radius 1 is 1.31 bits per heavy atom. The number of pyridine rings is 1. The fourth-order valence-corrected chi connectivity index (χ4v) is 1.57. The van der Waals surface area contributed by atoms with Crippen molar-refractivity contribution in [3.8, 4) is 0 Å². The Bertz CT molecular complexity index is 485. The average Bonchev–Trinajstić information content (AvgIpc) is 2.16. The third kappa shape index (κ3) is 1.35. The summed E-state index contributed by atoms with van der Waals surface area (Å²) in [4.78, 5) is 14.1. The molecule has 0 saturated heterocycles. The zero-order valence-corrected chi connectivity index (χ0v) is 7.50. The van der Waals surface area contributed by atoms with Crippen LogP contribution in [-0.4, -0.2) is 4.98 Å². The van der Waals surface area contributed by atoms with Crippen molar-refractivity contribution in [3.63, 3.8) is 0 Å². The largest absolute Gasteiger partial charge is 0.326 e. The van der Waals surface area contributed by atoms with Crippen molar-refractivity contribution in [1.82, 2.24) is 4.98 Å². The first-order chi connectivity index (χ1) is 6.31. The summed E-state index contributed by atoms with van der Waals surface area (Å²) in [6, 6.07) is 9.56. The molecular weight excluding hydrogens is 162 g/mol. The van der Waals surface area contributed by atoms with Gasteiger partial charge in [-0.2, -0.15) is 0 Å². The zero-order valence-electron chi connectivity index (χ0n) is 7.50. The van der Waals surface area contributed by atoms with Gasteiger partial charge in [0.25, 0.3) is 0 Å². The van der Waals surface area contributed by atoms with Gasteiger partial charge in [0.15, 0.2) is 0 Å². The minimum atomic E-state index is -0.0180. The van der Waals surface area contributed by atoms with E-state index in [1.165, 1.54) is 0 Å². The molecule has 0 amide bonds. The van der Waals surface area contributed by atoms with Crippen molar-refractivity contribution in [1.29, 1.82) is 0 Å². The molecule has 0 fully saturated rings. The molecule has 0 aliphatic heterocycles. The molecule has 1 N–H and O–H groups in total. The van der Waals surface area contributed by atoms with E-state index in [2.05, 4.69) is 4.98 Å². The van der Waals surface area contributed by atoms with Crippen LogP contribution in [0.15, 0.2) is 35.1 Å². The molecule has 0 saturated carbocycles. The van der Waals surface area contributed by atoms with E-state index in [1.54, 1.807) is 6.07 Å². The zero-order chi connectivity index (χ0) is 9.26. The van der Waals surface area contributed by atoms with E-state index in [1.807, 2.05) is 31.2 Å². The van der Waals surface area contributed by atoms with Crippen molar-refractivity contribution < 1.29 is 0 Å². The summed E-state index contributed by atoms with van der Waals surface area (Å²) in [5.74, 6) is 0. The molecule has 0 atom stereocenters. The summed E-state index contributed by atoms with van der Waals surface area (Å²) < 4.78 is 0. The molecular formula is C11H11NO. The number of rotatable bonds is 1. The van der Waals surface area contributed by atoms with Gasteiger partial charge in [0, 0.05) is 17.1 Å². The molecule has 2 heteroatoms. The monoisotopic (exact) mass is 173 g/mol. The van der Waals surface area contributed by atoms with E-state index < -0.39 is 0 Å². The topological polar surface area (TPSA) is 32.9 Å².